The zero-order valence-corrected chi connectivity index (χ0v) is 13.6. The molecule has 2 rings (SSSR count). The Kier molecular flexibility index (Phi) is 4.85. The van der Waals surface area contributed by atoms with Crippen LogP contribution in [0, 0.1) is 5.92 Å². The highest BCUT2D eigenvalue weighted by Crippen LogP contribution is 2.24. The third-order valence-corrected chi connectivity index (χ3v) is 5.69. The lowest BCUT2D eigenvalue weighted by Crippen LogP contribution is -2.42. The van der Waals surface area contributed by atoms with Crippen molar-refractivity contribution in [3.8, 4) is 0 Å². The van der Waals surface area contributed by atoms with Gasteiger partial charge in [-0.05, 0) is 25.0 Å². The van der Waals surface area contributed by atoms with Crippen molar-refractivity contribution in [3.63, 3.8) is 0 Å². The summed E-state index contributed by atoms with van der Waals surface area (Å²) in [5.41, 5.74) is 0. The van der Waals surface area contributed by atoms with Gasteiger partial charge in [0.05, 0.1) is 0 Å². The summed E-state index contributed by atoms with van der Waals surface area (Å²) in [5.74, 6) is -0.0463. The van der Waals surface area contributed by atoms with Gasteiger partial charge in [0.1, 0.15) is 10.0 Å². The van der Waals surface area contributed by atoms with E-state index < -0.39 is 10.0 Å². The number of rotatable bonds is 3. The zero-order valence-electron chi connectivity index (χ0n) is 12.0. The van der Waals surface area contributed by atoms with E-state index in [1.807, 2.05) is 0 Å². The van der Waals surface area contributed by atoms with Gasteiger partial charge in [-0.1, -0.05) is 11.6 Å². The van der Waals surface area contributed by atoms with E-state index >= 15 is 0 Å². The topological polar surface area (TPSA) is 70.6 Å². The van der Waals surface area contributed by atoms with E-state index in [4.69, 9.17) is 11.6 Å². The van der Waals surface area contributed by atoms with E-state index in [9.17, 15) is 13.2 Å². The molecule has 1 aromatic rings. The quantitative estimate of drug-likeness (QED) is 0.781. The zero-order chi connectivity index (χ0) is 15.6. The van der Waals surface area contributed by atoms with Crippen LogP contribution in [0.15, 0.2) is 23.2 Å². The van der Waals surface area contributed by atoms with Crippen molar-refractivity contribution in [2.24, 2.45) is 5.92 Å². The molecular weight excluding hydrogens is 314 g/mol. The third-order valence-electron chi connectivity index (χ3n) is 3.58. The maximum absolute atomic E-state index is 12.5. The number of pyridine rings is 1. The Hall–Kier alpha value is -1.18. The fourth-order valence-corrected chi connectivity index (χ4v) is 3.90. The molecule has 0 atom stereocenters. The second-order valence-electron chi connectivity index (χ2n) is 5.23. The molecule has 2 heterocycles. The van der Waals surface area contributed by atoms with Gasteiger partial charge in [0.25, 0.3) is 0 Å². The first-order chi connectivity index (χ1) is 9.82. The van der Waals surface area contributed by atoms with E-state index in [1.165, 1.54) is 22.6 Å². The number of piperidine rings is 1. The Morgan fingerprint density at radius 1 is 1.33 bits per heavy atom. The minimum atomic E-state index is -3.56. The van der Waals surface area contributed by atoms with Gasteiger partial charge >= 0.3 is 0 Å². The van der Waals surface area contributed by atoms with Gasteiger partial charge in [-0.2, -0.15) is 4.31 Å². The molecular formula is C13H18ClN3O3S. The van der Waals surface area contributed by atoms with Crippen molar-refractivity contribution >= 4 is 27.5 Å². The monoisotopic (exact) mass is 331 g/mol. The number of hydrogen-bond acceptors (Lipinski definition) is 4. The van der Waals surface area contributed by atoms with Crippen LogP contribution < -0.4 is 0 Å². The van der Waals surface area contributed by atoms with Gasteiger partial charge in [-0.15, -0.1) is 0 Å². The van der Waals surface area contributed by atoms with E-state index in [1.54, 1.807) is 19.0 Å². The first kappa shape index (κ1) is 16.2. The van der Waals surface area contributed by atoms with Crippen LogP contribution in [-0.2, 0) is 14.8 Å². The average molecular weight is 332 g/mol. The van der Waals surface area contributed by atoms with Crippen molar-refractivity contribution in [1.82, 2.24) is 14.2 Å². The predicted molar refractivity (Wildman–Crippen MR) is 79.4 cm³/mol. The molecule has 0 radical (unpaired) electrons. The molecule has 0 saturated carbocycles. The molecule has 0 unspecified atom stereocenters. The van der Waals surface area contributed by atoms with Crippen molar-refractivity contribution in [3.05, 3.63) is 23.5 Å². The van der Waals surface area contributed by atoms with Gasteiger partial charge in [0.2, 0.25) is 15.9 Å². The average Bonchev–Trinajstić information content (AvgIpc) is 2.47. The van der Waals surface area contributed by atoms with Crippen LogP contribution in [0.25, 0.3) is 0 Å². The van der Waals surface area contributed by atoms with Crippen LogP contribution in [-0.4, -0.2) is 55.7 Å². The molecule has 1 amide bonds. The molecule has 0 aromatic carbocycles. The number of aromatic nitrogens is 1. The number of hydrogen-bond donors (Lipinski definition) is 0. The lowest BCUT2D eigenvalue weighted by Gasteiger charge is -2.31. The Bertz CT molecular complexity index is 608. The Labute approximate surface area is 129 Å². The van der Waals surface area contributed by atoms with Gasteiger partial charge in [0, 0.05) is 39.3 Å². The Morgan fingerprint density at radius 3 is 2.43 bits per heavy atom. The molecule has 8 heteroatoms. The lowest BCUT2D eigenvalue weighted by atomic mass is 9.97. The third kappa shape index (κ3) is 3.53. The number of sulfonamides is 1. The van der Waals surface area contributed by atoms with Gasteiger partial charge in [0.15, 0.2) is 0 Å². The smallest absolute Gasteiger partial charge is 0.244 e. The van der Waals surface area contributed by atoms with Crippen LogP contribution >= 0.6 is 11.6 Å². The Balaban J connectivity index is 2.07. The van der Waals surface area contributed by atoms with Gasteiger partial charge in [-0.3, -0.25) is 4.79 Å². The van der Waals surface area contributed by atoms with Gasteiger partial charge < -0.3 is 4.90 Å². The SMILES string of the molecule is CN(C)C(=O)C1CCN(S(=O)(=O)c2ccc(Cl)nc2)CC1. The summed E-state index contributed by atoms with van der Waals surface area (Å²) in [4.78, 5) is 17.4. The number of carbonyl (C=O) groups is 1. The molecule has 1 aliphatic heterocycles. The van der Waals surface area contributed by atoms with Crippen LogP contribution in [0.3, 0.4) is 0 Å². The molecule has 0 spiro atoms. The second kappa shape index (κ2) is 6.29. The molecule has 0 bridgehead atoms. The highest BCUT2D eigenvalue weighted by molar-refractivity contribution is 7.89. The van der Waals surface area contributed by atoms with Crippen LogP contribution in [0.4, 0.5) is 0 Å². The lowest BCUT2D eigenvalue weighted by molar-refractivity contribution is -0.134. The van der Waals surface area contributed by atoms with E-state index in [-0.39, 0.29) is 21.9 Å². The van der Waals surface area contributed by atoms with E-state index in [2.05, 4.69) is 4.98 Å². The summed E-state index contributed by atoms with van der Waals surface area (Å²) < 4.78 is 26.3. The standard InChI is InChI=1S/C13H18ClN3O3S/c1-16(2)13(18)10-5-7-17(8-6-10)21(19,20)11-3-4-12(14)15-9-11/h3-4,9-10H,5-8H2,1-2H3. The van der Waals surface area contributed by atoms with Crippen molar-refractivity contribution in [2.45, 2.75) is 17.7 Å². The minimum Gasteiger partial charge on any atom is -0.349 e. The molecule has 1 saturated heterocycles. The predicted octanol–water partition coefficient (Wildman–Crippen LogP) is 1.22. The van der Waals surface area contributed by atoms with Crippen molar-refractivity contribution in [2.75, 3.05) is 27.2 Å². The van der Waals surface area contributed by atoms with Crippen LogP contribution in [0.1, 0.15) is 12.8 Å². The number of halogens is 1. The molecule has 116 valence electrons. The summed E-state index contributed by atoms with van der Waals surface area (Å²) in [6.07, 6.45) is 2.34. The van der Waals surface area contributed by atoms with E-state index in [0.29, 0.717) is 25.9 Å². The summed E-state index contributed by atoms with van der Waals surface area (Å²) >= 11 is 5.67. The van der Waals surface area contributed by atoms with Gasteiger partial charge in [-0.25, -0.2) is 13.4 Å². The summed E-state index contributed by atoms with van der Waals surface area (Å²) in [6, 6.07) is 2.90. The molecule has 0 aliphatic carbocycles. The highest BCUT2D eigenvalue weighted by atomic mass is 35.5. The normalized spacial score (nSPS) is 17.7. The molecule has 0 N–H and O–H groups in total. The minimum absolute atomic E-state index is 0.0557. The molecule has 1 aromatic heterocycles. The maximum atomic E-state index is 12.5. The molecule has 1 fully saturated rings. The first-order valence-electron chi connectivity index (χ1n) is 6.65. The fraction of sp³-hybridized carbons (Fsp3) is 0.538. The molecule has 1 aliphatic rings. The Morgan fingerprint density at radius 2 is 1.95 bits per heavy atom. The number of carbonyl (C=O) groups excluding carboxylic acids is 1. The second-order valence-corrected chi connectivity index (χ2v) is 7.55. The number of amides is 1. The van der Waals surface area contributed by atoms with Crippen LogP contribution in [0.5, 0.6) is 0 Å². The largest absolute Gasteiger partial charge is 0.349 e. The van der Waals surface area contributed by atoms with Crippen molar-refractivity contribution in [1.29, 1.82) is 0 Å². The fourth-order valence-electron chi connectivity index (χ4n) is 2.37. The van der Waals surface area contributed by atoms with Crippen LogP contribution in [0.2, 0.25) is 5.15 Å². The first-order valence-corrected chi connectivity index (χ1v) is 8.47. The molecule has 21 heavy (non-hydrogen) atoms. The van der Waals surface area contributed by atoms with Crippen molar-refractivity contribution < 1.29 is 13.2 Å². The summed E-state index contributed by atoms with van der Waals surface area (Å²) in [5, 5.41) is 0.254. The maximum Gasteiger partial charge on any atom is 0.244 e. The summed E-state index contributed by atoms with van der Waals surface area (Å²) in [6.45, 7) is 0.685. The summed E-state index contributed by atoms with van der Waals surface area (Å²) in [7, 11) is -0.135. The highest BCUT2D eigenvalue weighted by Gasteiger charge is 2.32. The van der Waals surface area contributed by atoms with E-state index in [0.717, 1.165) is 0 Å². The molecule has 6 nitrogen and oxygen atoms in total. The number of nitrogens with zero attached hydrogens (tertiary/aromatic N) is 3.